The highest BCUT2D eigenvalue weighted by atomic mass is 35.5. The van der Waals surface area contributed by atoms with Gasteiger partial charge in [-0.05, 0) is 11.6 Å². The van der Waals surface area contributed by atoms with Gasteiger partial charge in [0.15, 0.2) is 0 Å². The summed E-state index contributed by atoms with van der Waals surface area (Å²) in [7, 11) is 0. The average Bonchev–Trinajstić information content (AvgIpc) is 2.37. The van der Waals surface area contributed by atoms with Crippen LogP contribution in [0.4, 0.5) is 13.2 Å². The van der Waals surface area contributed by atoms with E-state index in [1.807, 2.05) is 4.90 Å². The molecule has 1 saturated heterocycles. The number of hydrogen-bond donors (Lipinski definition) is 1. The molecule has 8 heteroatoms. The van der Waals surface area contributed by atoms with Crippen molar-refractivity contribution in [3.8, 4) is 0 Å². The van der Waals surface area contributed by atoms with E-state index in [0.29, 0.717) is 18.7 Å². The second kappa shape index (κ2) is 8.67. The molecule has 1 aromatic rings. The van der Waals surface area contributed by atoms with Gasteiger partial charge in [0.2, 0.25) is 0 Å². The number of alkyl halides is 3. The van der Waals surface area contributed by atoms with E-state index in [0.717, 1.165) is 13.1 Å². The molecule has 1 aromatic heterocycles. The number of hydrogen-bond acceptors (Lipinski definition) is 3. The highest BCUT2D eigenvalue weighted by molar-refractivity contribution is 5.85. The van der Waals surface area contributed by atoms with E-state index < -0.39 is 18.6 Å². The van der Waals surface area contributed by atoms with Crippen molar-refractivity contribution >= 4 is 24.8 Å². The van der Waals surface area contributed by atoms with Crippen LogP contribution in [0, 0.1) is 0 Å². The Morgan fingerprint density at radius 3 is 2.40 bits per heavy atom. The van der Waals surface area contributed by atoms with Gasteiger partial charge >= 0.3 is 6.18 Å². The molecular weight excluding hydrogens is 314 g/mol. The second-order valence-electron chi connectivity index (χ2n) is 4.41. The number of aromatic nitrogens is 1. The molecule has 0 aliphatic carbocycles. The lowest BCUT2D eigenvalue weighted by Crippen LogP contribution is -2.46. The minimum absolute atomic E-state index is 0. The lowest BCUT2D eigenvalue weighted by molar-refractivity contribution is -0.148. The summed E-state index contributed by atoms with van der Waals surface area (Å²) in [6.07, 6.45) is -1.88. The zero-order valence-corrected chi connectivity index (χ0v) is 12.4. The van der Waals surface area contributed by atoms with Crippen LogP contribution in [-0.2, 0) is 0 Å². The first-order valence-electron chi connectivity index (χ1n) is 5.98. The van der Waals surface area contributed by atoms with Gasteiger partial charge in [-0.1, -0.05) is 6.07 Å². The summed E-state index contributed by atoms with van der Waals surface area (Å²) in [6, 6.07) is 2.77. The topological polar surface area (TPSA) is 28.2 Å². The molecule has 1 fully saturated rings. The van der Waals surface area contributed by atoms with Gasteiger partial charge in [0.05, 0.1) is 6.42 Å². The van der Waals surface area contributed by atoms with E-state index in [9.17, 15) is 13.2 Å². The van der Waals surface area contributed by atoms with Crippen LogP contribution < -0.4 is 5.32 Å². The standard InChI is InChI=1S/C12H16F3N3.2ClH/c13-12(14,15)8-11(10-2-1-3-17-9-10)18-6-4-16-5-7-18;;/h1-3,9,11,16H,4-8H2;2*1H/t11-;;/m1../s1. The SMILES string of the molecule is Cl.Cl.FC(F)(F)C[C@H](c1cccnc1)N1CCNCC1. The minimum Gasteiger partial charge on any atom is -0.314 e. The number of halogens is 5. The number of piperazine rings is 1. The molecule has 116 valence electrons. The summed E-state index contributed by atoms with van der Waals surface area (Å²) in [4.78, 5) is 5.80. The van der Waals surface area contributed by atoms with Crippen LogP contribution in [0.5, 0.6) is 0 Å². The van der Waals surface area contributed by atoms with E-state index in [1.165, 1.54) is 6.20 Å². The molecule has 20 heavy (non-hydrogen) atoms. The van der Waals surface area contributed by atoms with Crippen LogP contribution in [0.1, 0.15) is 18.0 Å². The van der Waals surface area contributed by atoms with Crippen LogP contribution in [0.2, 0.25) is 0 Å². The van der Waals surface area contributed by atoms with Crippen molar-refractivity contribution < 1.29 is 13.2 Å². The normalized spacial score (nSPS) is 17.8. The monoisotopic (exact) mass is 331 g/mol. The van der Waals surface area contributed by atoms with Gasteiger partial charge in [-0.15, -0.1) is 24.8 Å². The number of rotatable bonds is 3. The predicted molar refractivity (Wildman–Crippen MR) is 76.6 cm³/mol. The maximum absolute atomic E-state index is 12.7. The average molecular weight is 332 g/mol. The third-order valence-electron chi connectivity index (χ3n) is 3.09. The zero-order chi connectivity index (χ0) is 13.0. The molecule has 0 bridgehead atoms. The number of nitrogens with one attached hydrogen (secondary N) is 1. The van der Waals surface area contributed by atoms with E-state index >= 15 is 0 Å². The van der Waals surface area contributed by atoms with Crippen molar-refractivity contribution in [2.24, 2.45) is 0 Å². The molecule has 2 heterocycles. The van der Waals surface area contributed by atoms with Crippen LogP contribution in [0.3, 0.4) is 0 Å². The Balaban J connectivity index is 0.00000180. The Hall–Kier alpha value is -0.560. The summed E-state index contributed by atoms with van der Waals surface area (Å²) in [6.45, 7) is 2.73. The molecule has 3 nitrogen and oxygen atoms in total. The first kappa shape index (κ1) is 19.4. The second-order valence-corrected chi connectivity index (χ2v) is 4.41. The zero-order valence-electron chi connectivity index (χ0n) is 10.8. The van der Waals surface area contributed by atoms with Gasteiger partial charge in [-0.3, -0.25) is 9.88 Å². The Labute approximate surface area is 128 Å². The first-order valence-corrected chi connectivity index (χ1v) is 5.98. The highest BCUT2D eigenvalue weighted by Gasteiger charge is 2.35. The third-order valence-corrected chi connectivity index (χ3v) is 3.09. The molecule has 0 amide bonds. The summed E-state index contributed by atoms with van der Waals surface area (Å²) in [5.74, 6) is 0. The fraction of sp³-hybridized carbons (Fsp3) is 0.583. The van der Waals surface area contributed by atoms with E-state index in [2.05, 4.69) is 10.3 Å². The number of nitrogens with zero attached hydrogens (tertiary/aromatic N) is 2. The van der Waals surface area contributed by atoms with E-state index in [1.54, 1.807) is 18.3 Å². The van der Waals surface area contributed by atoms with Crippen LogP contribution >= 0.6 is 24.8 Å². The highest BCUT2D eigenvalue weighted by Crippen LogP contribution is 2.33. The Kier molecular flexibility index (Phi) is 8.42. The largest absolute Gasteiger partial charge is 0.390 e. The molecule has 0 radical (unpaired) electrons. The Bertz CT molecular complexity index is 370. The van der Waals surface area contributed by atoms with Gasteiger partial charge in [-0.25, -0.2) is 0 Å². The Morgan fingerprint density at radius 1 is 1.25 bits per heavy atom. The molecule has 0 spiro atoms. The van der Waals surface area contributed by atoms with E-state index in [4.69, 9.17) is 0 Å². The molecule has 1 atom stereocenters. The molecule has 1 aliphatic heterocycles. The van der Waals surface area contributed by atoms with Crippen molar-refractivity contribution in [2.45, 2.75) is 18.6 Å². The molecule has 0 unspecified atom stereocenters. The van der Waals surface area contributed by atoms with Crippen molar-refractivity contribution in [2.75, 3.05) is 26.2 Å². The maximum Gasteiger partial charge on any atom is 0.390 e. The van der Waals surface area contributed by atoms with Crippen LogP contribution in [-0.4, -0.2) is 42.2 Å². The van der Waals surface area contributed by atoms with Gasteiger partial charge in [0.25, 0.3) is 0 Å². The molecule has 0 aromatic carbocycles. The molecular formula is C12H18Cl2F3N3. The Morgan fingerprint density at radius 2 is 1.90 bits per heavy atom. The summed E-state index contributed by atoms with van der Waals surface area (Å²) < 4.78 is 38.1. The van der Waals surface area contributed by atoms with E-state index in [-0.39, 0.29) is 24.8 Å². The van der Waals surface area contributed by atoms with Gasteiger partial charge in [0.1, 0.15) is 0 Å². The quantitative estimate of drug-likeness (QED) is 0.923. The molecule has 1 N–H and O–H groups in total. The maximum atomic E-state index is 12.7. The van der Waals surface area contributed by atoms with Crippen LogP contribution in [0.25, 0.3) is 0 Å². The lowest BCUT2D eigenvalue weighted by Gasteiger charge is -2.35. The summed E-state index contributed by atoms with van der Waals surface area (Å²) >= 11 is 0. The van der Waals surface area contributed by atoms with Crippen molar-refractivity contribution in [3.05, 3.63) is 30.1 Å². The summed E-state index contributed by atoms with van der Waals surface area (Å²) in [5.41, 5.74) is 0.636. The third kappa shape index (κ3) is 5.83. The van der Waals surface area contributed by atoms with Crippen molar-refractivity contribution in [1.29, 1.82) is 0 Å². The van der Waals surface area contributed by atoms with Gasteiger partial charge < -0.3 is 5.32 Å². The molecule has 1 aliphatic rings. The van der Waals surface area contributed by atoms with Gasteiger partial charge in [-0.2, -0.15) is 13.2 Å². The van der Waals surface area contributed by atoms with Gasteiger partial charge in [0, 0.05) is 44.6 Å². The smallest absolute Gasteiger partial charge is 0.314 e. The number of pyridine rings is 1. The van der Waals surface area contributed by atoms with Crippen LogP contribution in [0.15, 0.2) is 24.5 Å². The minimum atomic E-state index is -4.16. The molecule has 2 rings (SSSR count). The molecule has 0 saturated carbocycles. The summed E-state index contributed by atoms with van der Waals surface area (Å²) in [5, 5.41) is 3.15. The first-order chi connectivity index (χ1) is 8.56. The fourth-order valence-corrected chi connectivity index (χ4v) is 2.24. The van der Waals surface area contributed by atoms with Crippen molar-refractivity contribution in [1.82, 2.24) is 15.2 Å². The van der Waals surface area contributed by atoms with Crippen molar-refractivity contribution in [3.63, 3.8) is 0 Å². The lowest BCUT2D eigenvalue weighted by atomic mass is 10.0. The predicted octanol–water partition coefficient (Wildman–Crippen LogP) is 2.82. The fourth-order valence-electron chi connectivity index (χ4n) is 2.24.